The van der Waals surface area contributed by atoms with Crippen LogP contribution >= 0.6 is 0 Å². The Hall–Kier alpha value is -2.63. The number of nitrogen functional groups attached to an aromatic ring is 1. The molecule has 3 rings (SSSR count). The molecule has 0 aliphatic rings. The molecule has 3 aromatic rings. The highest BCUT2D eigenvalue weighted by atomic mass is 16.5. The number of rotatable bonds is 2. The molecule has 0 saturated heterocycles. The molecule has 0 radical (unpaired) electrons. The largest absolute Gasteiger partial charge is 0.481 e. The number of nitrogens with zero attached hydrogens (tertiary/aromatic N) is 4. The lowest BCUT2D eigenvalue weighted by Crippen LogP contribution is -2.00. The highest BCUT2D eigenvalue weighted by Gasteiger charge is 2.16. The molecular formula is C14H15N5O. The Kier molecular flexibility index (Phi) is 2.78. The van der Waals surface area contributed by atoms with Gasteiger partial charge in [-0.15, -0.1) is 0 Å². The topological polar surface area (TPSA) is 78.9 Å². The number of aryl methyl sites for hydroxylation is 1. The molecule has 20 heavy (non-hydrogen) atoms. The fraction of sp³-hybridized carbons (Fsp3) is 0.214. The Morgan fingerprint density at radius 1 is 1.15 bits per heavy atom. The van der Waals surface area contributed by atoms with Crippen molar-refractivity contribution in [3.63, 3.8) is 0 Å². The number of nitrogens with two attached hydrogens (primary N) is 1. The smallest absolute Gasteiger partial charge is 0.213 e. The van der Waals surface area contributed by atoms with Crippen molar-refractivity contribution in [1.82, 2.24) is 19.5 Å². The van der Waals surface area contributed by atoms with Gasteiger partial charge in [0.2, 0.25) is 5.88 Å². The summed E-state index contributed by atoms with van der Waals surface area (Å²) in [6, 6.07) is 3.76. The van der Waals surface area contributed by atoms with E-state index in [-0.39, 0.29) is 0 Å². The average molecular weight is 269 g/mol. The third kappa shape index (κ3) is 1.69. The van der Waals surface area contributed by atoms with Crippen LogP contribution in [-0.2, 0) is 0 Å². The molecule has 3 aromatic heterocycles. The van der Waals surface area contributed by atoms with E-state index in [1.54, 1.807) is 13.3 Å². The van der Waals surface area contributed by atoms with Crippen molar-refractivity contribution in [2.45, 2.75) is 13.8 Å². The van der Waals surface area contributed by atoms with Crippen LogP contribution in [0.3, 0.4) is 0 Å². The van der Waals surface area contributed by atoms with E-state index in [1.807, 2.05) is 30.5 Å². The van der Waals surface area contributed by atoms with E-state index in [0.29, 0.717) is 11.7 Å². The lowest BCUT2D eigenvalue weighted by atomic mass is 10.2. The van der Waals surface area contributed by atoms with Gasteiger partial charge in [-0.3, -0.25) is 4.57 Å². The molecule has 0 amide bonds. The van der Waals surface area contributed by atoms with Crippen LogP contribution in [0.2, 0.25) is 0 Å². The molecule has 0 unspecified atom stereocenters. The lowest BCUT2D eigenvalue weighted by molar-refractivity contribution is 0.398. The van der Waals surface area contributed by atoms with Crippen LogP contribution in [0.15, 0.2) is 24.7 Å². The van der Waals surface area contributed by atoms with E-state index >= 15 is 0 Å². The van der Waals surface area contributed by atoms with Gasteiger partial charge in [0.15, 0.2) is 5.65 Å². The molecule has 3 heterocycles. The Labute approximate surface area is 116 Å². The summed E-state index contributed by atoms with van der Waals surface area (Å²) >= 11 is 0. The minimum atomic E-state index is 0.496. The molecular weight excluding hydrogens is 254 g/mol. The van der Waals surface area contributed by atoms with Gasteiger partial charge in [0.05, 0.1) is 24.4 Å². The van der Waals surface area contributed by atoms with Crippen LogP contribution in [-0.4, -0.2) is 26.6 Å². The zero-order valence-corrected chi connectivity index (χ0v) is 11.6. The number of methoxy groups -OCH3 is 1. The van der Waals surface area contributed by atoms with E-state index in [1.165, 1.54) is 6.33 Å². The fourth-order valence-corrected chi connectivity index (χ4v) is 2.37. The molecule has 102 valence electrons. The van der Waals surface area contributed by atoms with Crippen molar-refractivity contribution in [3.8, 4) is 11.6 Å². The first-order valence-corrected chi connectivity index (χ1v) is 6.22. The van der Waals surface area contributed by atoms with Gasteiger partial charge in [-0.2, -0.15) is 0 Å². The molecule has 0 atom stereocenters. The van der Waals surface area contributed by atoms with Gasteiger partial charge in [0.1, 0.15) is 12.1 Å². The third-order valence-electron chi connectivity index (χ3n) is 3.51. The normalized spacial score (nSPS) is 10.9. The fourth-order valence-electron chi connectivity index (χ4n) is 2.37. The van der Waals surface area contributed by atoms with Crippen LogP contribution < -0.4 is 10.5 Å². The first kappa shape index (κ1) is 12.4. The number of fused-ring (bicyclic) bond motifs is 1. The molecule has 0 saturated carbocycles. The molecule has 6 heteroatoms. The minimum absolute atomic E-state index is 0.496. The third-order valence-corrected chi connectivity index (χ3v) is 3.51. The van der Waals surface area contributed by atoms with Gasteiger partial charge in [0.25, 0.3) is 0 Å². The Morgan fingerprint density at radius 2 is 1.95 bits per heavy atom. The van der Waals surface area contributed by atoms with Crippen molar-refractivity contribution in [2.75, 3.05) is 12.8 Å². The van der Waals surface area contributed by atoms with Gasteiger partial charge in [0, 0.05) is 11.8 Å². The van der Waals surface area contributed by atoms with Crippen molar-refractivity contribution >= 4 is 16.9 Å². The van der Waals surface area contributed by atoms with Gasteiger partial charge in [-0.1, -0.05) is 0 Å². The SMILES string of the molecule is COc1ccc(-n2c(C)c(C)c3c(N)ncnc32)cn1. The van der Waals surface area contributed by atoms with Gasteiger partial charge in [-0.05, 0) is 25.5 Å². The zero-order chi connectivity index (χ0) is 14.3. The number of hydrogen-bond acceptors (Lipinski definition) is 5. The van der Waals surface area contributed by atoms with E-state index in [2.05, 4.69) is 15.0 Å². The molecule has 0 bridgehead atoms. The highest BCUT2D eigenvalue weighted by Crippen LogP contribution is 2.29. The minimum Gasteiger partial charge on any atom is -0.481 e. The summed E-state index contributed by atoms with van der Waals surface area (Å²) in [5.41, 5.74) is 9.82. The van der Waals surface area contributed by atoms with Gasteiger partial charge in [-0.25, -0.2) is 15.0 Å². The van der Waals surface area contributed by atoms with Crippen molar-refractivity contribution in [1.29, 1.82) is 0 Å². The molecule has 0 aromatic carbocycles. The van der Waals surface area contributed by atoms with Crippen LogP contribution in [0, 0.1) is 13.8 Å². The highest BCUT2D eigenvalue weighted by molar-refractivity contribution is 5.91. The van der Waals surface area contributed by atoms with Gasteiger partial charge >= 0.3 is 0 Å². The molecule has 0 spiro atoms. The maximum absolute atomic E-state index is 5.96. The van der Waals surface area contributed by atoms with Crippen LogP contribution in [0.1, 0.15) is 11.3 Å². The number of anilines is 1. The van der Waals surface area contributed by atoms with E-state index in [4.69, 9.17) is 10.5 Å². The maximum atomic E-state index is 5.96. The van der Waals surface area contributed by atoms with Crippen LogP contribution in [0.5, 0.6) is 5.88 Å². The Morgan fingerprint density at radius 3 is 2.60 bits per heavy atom. The van der Waals surface area contributed by atoms with Crippen LogP contribution in [0.25, 0.3) is 16.7 Å². The molecule has 2 N–H and O–H groups in total. The second-order valence-electron chi connectivity index (χ2n) is 4.56. The summed E-state index contributed by atoms with van der Waals surface area (Å²) in [6.07, 6.45) is 3.23. The summed E-state index contributed by atoms with van der Waals surface area (Å²) in [5.74, 6) is 1.07. The number of ether oxygens (including phenoxy) is 1. The summed E-state index contributed by atoms with van der Waals surface area (Å²) in [5, 5.41) is 0.890. The second kappa shape index (κ2) is 4.48. The summed E-state index contributed by atoms with van der Waals surface area (Å²) in [4.78, 5) is 12.7. The molecule has 0 aliphatic heterocycles. The quantitative estimate of drug-likeness (QED) is 0.770. The lowest BCUT2D eigenvalue weighted by Gasteiger charge is -2.08. The summed E-state index contributed by atoms with van der Waals surface area (Å²) < 4.78 is 7.10. The van der Waals surface area contributed by atoms with E-state index < -0.39 is 0 Å². The Balaban J connectivity index is 2.30. The van der Waals surface area contributed by atoms with Gasteiger partial charge < -0.3 is 10.5 Å². The molecule has 6 nitrogen and oxygen atoms in total. The average Bonchev–Trinajstić information content (AvgIpc) is 2.72. The standard InChI is InChI=1S/C14H15N5O/c1-8-9(2)19(10-4-5-11(20-3)16-6-10)14-12(8)13(15)17-7-18-14/h4-7H,1-3H3,(H2,15,17,18). The Bertz CT molecular complexity index is 776. The van der Waals surface area contributed by atoms with Crippen molar-refractivity contribution in [3.05, 3.63) is 35.9 Å². The zero-order valence-electron chi connectivity index (χ0n) is 11.6. The van der Waals surface area contributed by atoms with Crippen molar-refractivity contribution < 1.29 is 4.74 Å². The van der Waals surface area contributed by atoms with Crippen LogP contribution in [0.4, 0.5) is 5.82 Å². The predicted octanol–water partition coefficient (Wildman–Crippen LogP) is 2.02. The van der Waals surface area contributed by atoms with E-state index in [0.717, 1.165) is 28.0 Å². The number of pyridine rings is 1. The van der Waals surface area contributed by atoms with Crippen molar-refractivity contribution in [2.24, 2.45) is 0 Å². The first-order chi connectivity index (χ1) is 9.63. The number of hydrogen-bond donors (Lipinski definition) is 1. The predicted molar refractivity (Wildman–Crippen MR) is 77.1 cm³/mol. The summed E-state index contributed by atoms with van der Waals surface area (Å²) in [6.45, 7) is 4.05. The summed E-state index contributed by atoms with van der Waals surface area (Å²) in [7, 11) is 1.59. The number of aromatic nitrogens is 4. The second-order valence-corrected chi connectivity index (χ2v) is 4.56. The monoisotopic (exact) mass is 269 g/mol. The first-order valence-electron chi connectivity index (χ1n) is 6.22. The molecule has 0 aliphatic carbocycles. The molecule has 0 fully saturated rings. The van der Waals surface area contributed by atoms with E-state index in [9.17, 15) is 0 Å². The maximum Gasteiger partial charge on any atom is 0.213 e.